The molecular formula is C16H26N2O2S. The molecular weight excluding hydrogens is 284 g/mol. The van der Waals surface area contributed by atoms with E-state index in [-0.39, 0.29) is 5.75 Å². The number of sulfonamides is 1. The maximum absolute atomic E-state index is 11.7. The summed E-state index contributed by atoms with van der Waals surface area (Å²) in [5.74, 6) is 0.171. The van der Waals surface area contributed by atoms with E-state index in [1.54, 1.807) is 0 Å². The van der Waals surface area contributed by atoms with Crippen LogP contribution in [0, 0.1) is 0 Å². The minimum atomic E-state index is -3.18. The Balaban J connectivity index is 1.78. The highest BCUT2D eigenvalue weighted by atomic mass is 32.2. The number of rotatable bonds is 8. The maximum atomic E-state index is 11.7. The number of benzene rings is 1. The maximum Gasteiger partial charge on any atom is 0.232 e. The van der Waals surface area contributed by atoms with Gasteiger partial charge in [-0.1, -0.05) is 19.1 Å². The molecule has 1 aliphatic rings. The van der Waals surface area contributed by atoms with Crippen LogP contribution in [-0.2, 0) is 16.4 Å². The minimum Gasteiger partial charge on any atom is -0.303 e. The van der Waals surface area contributed by atoms with Gasteiger partial charge in [-0.25, -0.2) is 8.42 Å². The van der Waals surface area contributed by atoms with E-state index in [1.807, 2.05) is 31.2 Å². The molecule has 2 rings (SSSR count). The van der Waals surface area contributed by atoms with Crippen molar-refractivity contribution in [1.82, 2.24) is 4.90 Å². The molecule has 0 saturated carbocycles. The highest BCUT2D eigenvalue weighted by Gasteiger charge is 2.11. The highest BCUT2D eigenvalue weighted by molar-refractivity contribution is 7.92. The average Bonchev–Trinajstić information content (AvgIpc) is 2.93. The molecule has 1 aromatic rings. The van der Waals surface area contributed by atoms with Gasteiger partial charge in [0.25, 0.3) is 0 Å². The monoisotopic (exact) mass is 310 g/mol. The van der Waals surface area contributed by atoms with Crippen molar-refractivity contribution in [2.45, 2.75) is 39.0 Å². The van der Waals surface area contributed by atoms with Crippen molar-refractivity contribution in [2.75, 3.05) is 30.1 Å². The van der Waals surface area contributed by atoms with Gasteiger partial charge in [0.05, 0.1) is 5.75 Å². The lowest BCUT2D eigenvalue weighted by atomic mass is 10.1. The fraction of sp³-hybridized carbons (Fsp3) is 0.625. The summed E-state index contributed by atoms with van der Waals surface area (Å²) < 4.78 is 26.0. The summed E-state index contributed by atoms with van der Waals surface area (Å²) in [5, 5.41) is 0. The molecule has 1 fully saturated rings. The SMILES string of the molecule is CCCS(=O)(=O)Nc1ccc(CCCN2CCCC2)cc1. The number of likely N-dealkylation sites (tertiary alicyclic amines) is 1. The summed E-state index contributed by atoms with van der Waals surface area (Å²) in [5.41, 5.74) is 1.93. The lowest BCUT2D eigenvalue weighted by Crippen LogP contribution is -2.20. The molecule has 0 radical (unpaired) electrons. The summed E-state index contributed by atoms with van der Waals surface area (Å²) in [6.07, 6.45) is 5.53. The normalized spacial score (nSPS) is 16.2. The van der Waals surface area contributed by atoms with Gasteiger partial charge in [-0.15, -0.1) is 0 Å². The van der Waals surface area contributed by atoms with Crippen LogP contribution >= 0.6 is 0 Å². The Morgan fingerprint density at radius 3 is 2.43 bits per heavy atom. The van der Waals surface area contributed by atoms with Crippen molar-refractivity contribution in [2.24, 2.45) is 0 Å². The third-order valence-electron chi connectivity index (χ3n) is 3.84. The number of hydrogen-bond donors (Lipinski definition) is 1. The average molecular weight is 310 g/mol. The van der Waals surface area contributed by atoms with Crippen molar-refractivity contribution >= 4 is 15.7 Å². The second-order valence-corrected chi connectivity index (χ2v) is 7.61. The predicted molar refractivity (Wildman–Crippen MR) is 88.1 cm³/mol. The lowest BCUT2D eigenvalue weighted by Gasteiger charge is -2.14. The molecule has 0 aromatic heterocycles. The third kappa shape index (κ3) is 5.67. The second kappa shape index (κ2) is 7.80. The van der Waals surface area contributed by atoms with E-state index in [9.17, 15) is 8.42 Å². The van der Waals surface area contributed by atoms with Crippen LogP contribution in [0.1, 0.15) is 38.2 Å². The van der Waals surface area contributed by atoms with Gasteiger partial charge in [0.2, 0.25) is 10.0 Å². The Morgan fingerprint density at radius 1 is 1.14 bits per heavy atom. The standard InChI is InChI=1S/C16H26N2O2S/c1-2-14-21(19,20)17-16-9-7-15(8-10-16)6-5-13-18-11-3-4-12-18/h7-10,17H,2-6,11-14H2,1H3. The Morgan fingerprint density at radius 2 is 1.81 bits per heavy atom. The number of hydrogen-bond acceptors (Lipinski definition) is 3. The number of nitrogens with one attached hydrogen (secondary N) is 1. The number of aryl methyl sites for hydroxylation is 1. The lowest BCUT2D eigenvalue weighted by molar-refractivity contribution is 0.334. The van der Waals surface area contributed by atoms with Gasteiger partial charge in [0.15, 0.2) is 0 Å². The topological polar surface area (TPSA) is 49.4 Å². The van der Waals surface area contributed by atoms with Gasteiger partial charge in [0.1, 0.15) is 0 Å². The van der Waals surface area contributed by atoms with Crippen LogP contribution in [0.15, 0.2) is 24.3 Å². The van der Waals surface area contributed by atoms with E-state index in [0.717, 1.165) is 6.42 Å². The van der Waals surface area contributed by atoms with E-state index in [1.165, 1.54) is 44.5 Å². The summed E-state index contributed by atoms with van der Waals surface area (Å²) >= 11 is 0. The molecule has 21 heavy (non-hydrogen) atoms. The summed E-state index contributed by atoms with van der Waals surface area (Å²) in [7, 11) is -3.18. The predicted octanol–water partition coefficient (Wildman–Crippen LogP) is 2.87. The van der Waals surface area contributed by atoms with Crippen molar-refractivity contribution in [3.8, 4) is 0 Å². The molecule has 1 N–H and O–H groups in total. The molecule has 0 atom stereocenters. The fourth-order valence-electron chi connectivity index (χ4n) is 2.75. The van der Waals surface area contributed by atoms with Gasteiger partial charge in [-0.3, -0.25) is 4.72 Å². The van der Waals surface area contributed by atoms with Gasteiger partial charge in [0, 0.05) is 5.69 Å². The molecule has 0 amide bonds. The summed E-state index contributed by atoms with van der Waals surface area (Å²) in [4.78, 5) is 2.52. The largest absolute Gasteiger partial charge is 0.303 e. The highest BCUT2D eigenvalue weighted by Crippen LogP contribution is 2.14. The first-order valence-electron chi connectivity index (χ1n) is 7.91. The molecule has 1 saturated heterocycles. The Bertz CT molecular complexity index is 520. The minimum absolute atomic E-state index is 0.171. The van der Waals surface area contributed by atoms with Crippen LogP contribution in [0.3, 0.4) is 0 Å². The smallest absolute Gasteiger partial charge is 0.232 e. The molecule has 0 unspecified atom stereocenters. The van der Waals surface area contributed by atoms with E-state index in [4.69, 9.17) is 0 Å². The zero-order chi connectivity index (χ0) is 15.1. The third-order valence-corrected chi connectivity index (χ3v) is 5.33. The van der Waals surface area contributed by atoms with Gasteiger partial charge < -0.3 is 4.90 Å². The van der Waals surface area contributed by atoms with E-state index in [0.29, 0.717) is 12.1 Å². The Labute approximate surface area is 128 Å². The molecule has 0 aliphatic carbocycles. The molecule has 0 spiro atoms. The number of anilines is 1. The van der Waals surface area contributed by atoms with Crippen LogP contribution in [0.25, 0.3) is 0 Å². The summed E-state index contributed by atoms with van der Waals surface area (Å²) in [6.45, 7) is 5.53. The molecule has 5 heteroatoms. The Kier molecular flexibility index (Phi) is 6.06. The van der Waals surface area contributed by atoms with E-state index in [2.05, 4.69) is 9.62 Å². The first kappa shape index (κ1) is 16.3. The molecule has 1 aliphatic heterocycles. The molecule has 1 aromatic carbocycles. The first-order chi connectivity index (χ1) is 10.1. The fourth-order valence-corrected chi connectivity index (χ4v) is 3.89. The van der Waals surface area contributed by atoms with Crippen molar-refractivity contribution in [1.29, 1.82) is 0 Å². The zero-order valence-corrected chi connectivity index (χ0v) is 13.7. The quantitative estimate of drug-likeness (QED) is 0.803. The molecule has 4 nitrogen and oxygen atoms in total. The van der Waals surface area contributed by atoms with Crippen LogP contribution < -0.4 is 4.72 Å². The summed E-state index contributed by atoms with van der Waals surface area (Å²) in [6, 6.07) is 7.76. The van der Waals surface area contributed by atoms with E-state index < -0.39 is 10.0 Å². The van der Waals surface area contributed by atoms with Gasteiger partial charge >= 0.3 is 0 Å². The first-order valence-corrected chi connectivity index (χ1v) is 9.56. The zero-order valence-electron chi connectivity index (χ0n) is 12.8. The van der Waals surface area contributed by atoms with Crippen molar-refractivity contribution in [3.63, 3.8) is 0 Å². The number of nitrogens with zero attached hydrogens (tertiary/aromatic N) is 1. The molecule has 0 bridgehead atoms. The van der Waals surface area contributed by atoms with E-state index >= 15 is 0 Å². The molecule has 118 valence electrons. The van der Waals surface area contributed by atoms with Crippen LogP contribution in [-0.4, -0.2) is 38.7 Å². The van der Waals surface area contributed by atoms with Crippen LogP contribution in [0.2, 0.25) is 0 Å². The van der Waals surface area contributed by atoms with Gasteiger partial charge in [-0.05, 0) is 69.4 Å². The van der Waals surface area contributed by atoms with Crippen LogP contribution in [0.5, 0.6) is 0 Å². The van der Waals surface area contributed by atoms with Crippen LogP contribution in [0.4, 0.5) is 5.69 Å². The molecule has 1 heterocycles. The van der Waals surface area contributed by atoms with Crippen molar-refractivity contribution < 1.29 is 8.42 Å². The Hall–Kier alpha value is -1.07. The van der Waals surface area contributed by atoms with Gasteiger partial charge in [-0.2, -0.15) is 0 Å². The van der Waals surface area contributed by atoms with Crippen molar-refractivity contribution in [3.05, 3.63) is 29.8 Å². The second-order valence-electron chi connectivity index (χ2n) is 5.77.